The third kappa shape index (κ3) is 2.46. The van der Waals surface area contributed by atoms with E-state index in [0.29, 0.717) is 11.8 Å². The largest absolute Gasteiger partial charge is 0.258 e. The average Bonchev–Trinajstić information content (AvgIpc) is 2.79. The third-order valence-electron chi connectivity index (χ3n) is 4.63. The highest BCUT2D eigenvalue weighted by Gasteiger charge is 2.37. The zero-order chi connectivity index (χ0) is 14.7. The summed E-state index contributed by atoms with van der Waals surface area (Å²) in [7, 11) is 0. The monoisotopic (exact) mass is 269 g/mol. The van der Waals surface area contributed by atoms with Gasteiger partial charge in [0.1, 0.15) is 0 Å². The number of allylic oxidation sites excluding steroid dienone is 4. The average molecular weight is 269 g/mol. The maximum absolute atomic E-state index is 4.82. The van der Waals surface area contributed by atoms with Crippen LogP contribution in [0.25, 0.3) is 0 Å². The summed E-state index contributed by atoms with van der Waals surface area (Å²) in [5.74, 6) is 1.10. The molecule has 0 radical (unpaired) electrons. The second-order valence-electron chi connectivity index (χ2n) is 5.65. The molecular weight excluding hydrogens is 242 g/mol. The van der Waals surface area contributed by atoms with Crippen LogP contribution < -0.4 is 0 Å². The first-order valence-corrected chi connectivity index (χ1v) is 7.99. The number of hydrogen-bond acceptors (Lipinski definition) is 1. The molecule has 2 atom stereocenters. The second kappa shape index (κ2) is 6.39. The van der Waals surface area contributed by atoms with E-state index in [1.54, 1.807) is 11.1 Å². The third-order valence-corrected chi connectivity index (χ3v) is 4.63. The number of aromatic nitrogens is 1. The van der Waals surface area contributed by atoms with Crippen molar-refractivity contribution in [2.24, 2.45) is 5.92 Å². The number of rotatable bonds is 4. The summed E-state index contributed by atoms with van der Waals surface area (Å²) in [5, 5.41) is 0. The Morgan fingerprint density at radius 3 is 2.40 bits per heavy atom. The number of pyridine rings is 1. The van der Waals surface area contributed by atoms with Gasteiger partial charge in [-0.1, -0.05) is 38.5 Å². The van der Waals surface area contributed by atoms with Crippen molar-refractivity contribution in [2.45, 2.75) is 59.8 Å². The summed E-state index contributed by atoms with van der Waals surface area (Å²) >= 11 is 0. The fourth-order valence-electron chi connectivity index (χ4n) is 3.86. The van der Waals surface area contributed by atoms with Crippen molar-refractivity contribution in [3.63, 3.8) is 0 Å². The second-order valence-corrected chi connectivity index (χ2v) is 5.65. The first-order valence-electron chi connectivity index (χ1n) is 7.99. The lowest BCUT2D eigenvalue weighted by Gasteiger charge is -2.22. The Morgan fingerprint density at radius 2 is 1.90 bits per heavy atom. The van der Waals surface area contributed by atoms with Gasteiger partial charge in [-0.15, -0.1) is 0 Å². The lowest BCUT2D eigenvalue weighted by molar-refractivity contribution is 0.524. The van der Waals surface area contributed by atoms with Crippen LogP contribution >= 0.6 is 0 Å². The van der Waals surface area contributed by atoms with E-state index >= 15 is 0 Å². The van der Waals surface area contributed by atoms with Crippen LogP contribution in [0.1, 0.15) is 64.3 Å². The molecule has 0 bridgehead atoms. The van der Waals surface area contributed by atoms with Gasteiger partial charge in [0.15, 0.2) is 0 Å². The minimum Gasteiger partial charge on any atom is -0.258 e. The molecule has 20 heavy (non-hydrogen) atoms. The van der Waals surface area contributed by atoms with Crippen LogP contribution in [0.3, 0.4) is 0 Å². The van der Waals surface area contributed by atoms with Gasteiger partial charge in [0, 0.05) is 17.3 Å². The number of aryl methyl sites for hydroxylation is 1. The van der Waals surface area contributed by atoms with Gasteiger partial charge >= 0.3 is 0 Å². The van der Waals surface area contributed by atoms with Gasteiger partial charge in [0.2, 0.25) is 0 Å². The van der Waals surface area contributed by atoms with Crippen LogP contribution in [0.5, 0.6) is 0 Å². The predicted molar refractivity (Wildman–Crippen MR) is 86.9 cm³/mol. The fraction of sp³-hybridized carbons (Fsp3) is 0.526. The van der Waals surface area contributed by atoms with Gasteiger partial charge in [0.25, 0.3) is 0 Å². The van der Waals surface area contributed by atoms with Crippen molar-refractivity contribution in [1.29, 1.82) is 0 Å². The van der Waals surface area contributed by atoms with Crippen molar-refractivity contribution in [1.82, 2.24) is 4.98 Å². The molecule has 0 spiro atoms. The molecule has 0 N–H and O–H groups in total. The standard InChI is InChI=1S/C19H27N/c1-6-14-15(7-2)17(9-4)19(16(14)8-3)18-12-10-11-13(5)20-18/h8,10-12,17,19H,6-7,9H2,1-5H3/b16-8+. The maximum Gasteiger partial charge on any atom is 0.0487 e. The lowest BCUT2D eigenvalue weighted by Crippen LogP contribution is -2.12. The van der Waals surface area contributed by atoms with Gasteiger partial charge < -0.3 is 0 Å². The van der Waals surface area contributed by atoms with Crippen LogP contribution in [-0.4, -0.2) is 4.98 Å². The van der Waals surface area contributed by atoms with E-state index in [2.05, 4.69) is 58.9 Å². The SMILES string of the molecule is C/C=C1\C(CC)=C(CC)C(CC)C1c1cccc(C)n1. The molecule has 0 saturated carbocycles. The minimum atomic E-state index is 0.467. The van der Waals surface area contributed by atoms with Crippen molar-refractivity contribution in [3.05, 3.63) is 52.4 Å². The fourth-order valence-corrected chi connectivity index (χ4v) is 3.86. The summed E-state index contributed by atoms with van der Waals surface area (Å²) in [4.78, 5) is 4.82. The first kappa shape index (κ1) is 15.0. The molecular formula is C19H27N. The summed E-state index contributed by atoms with van der Waals surface area (Å²) < 4.78 is 0. The molecule has 1 aromatic heterocycles. The quantitative estimate of drug-likeness (QED) is 0.695. The molecule has 1 aliphatic carbocycles. The van der Waals surface area contributed by atoms with Gasteiger partial charge in [-0.05, 0) is 62.3 Å². The highest BCUT2D eigenvalue weighted by molar-refractivity contribution is 5.50. The van der Waals surface area contributed by atoms with E-state index in [1.165, 1.54) is 24.1 Å². The Balaban J connectivity index is 2.53. The molecule has 1 aromatic rings. The summed E-state index contributed by atoms with van der Waals surface area (Å²) in [6, 6.07) is 6.44. The van der Waals surface area contributed by atoms with Crippen molar-refractivity contribution in [2.75, 3.05) is 0 Å². The molecule has 1 aliphatic rings. The van der Waals surface area contributed by atoms with Crippen LogP contribution in [0.15, 0.2) is 41.0 Å². The molecule has 0 saturated heterocycles. The summed E-state index contributed by atoms with van der Waals surface area (Å²) in [6.07, 6.45) is 5.83. The predicted octanol–water partition coefficient (Wildman–Crippen LogP) is 5.58. The topological polar surface area (TPSA) is 12.9 Å². The lowest BCUT2D eigenvalue weighted by atomic mass is 9.83. The smallest absolute Gasteiger partial charge is 0.0487 e. The minimum absolute atomic E-state index is 0.467. The Bertz CT molecular complexity index is 536. The van der Waals surface area contributed by atoms with Gasteiger partial charge in [-0.3, -0.25) is 4.98 Å². The molecule has 108 valence electrons. The molecule has 2 unspecified atom stereocenters. The highest BCUT2D eigenvalue weighted by atomic mass is 14.7. The van der Waals surface area contributed by atoms with E-state index < -0.39 is 0 Å². The van der Waals surface area contributed by atoms with Crippen LogP contribution in [0.2, 0.25) is 0 Å². The van der Waals surface area contributed by atoms with Gasteiger partial charge in [-0.2, -0.15) is 0 Å². The van der Waals surface area contributed by atoms with Gasteiger partial charge in [-0.25, -0.2) is 0 Å². The molecule has 0 fully saturated rings. The van der Waals surface area contributed by atoms with Gasteiger partial charge in [0.05, 0.1) is 0 Å². The van der Waals surface area contributed by atoms with Crippen molar-refractivity contribution >= 4 is 0 Å². The molecule has 0 aromatic carbocycles. The van der Waals surface area contributed by atoms with Crippen LogP contribution in [0.4, 0.5) is 0 Å². The Hall–Kier alpha value is -1.37. The number of hydrogen-bond donors (Lipinski definition) is 0. The van der Waals surface area contributed by atoms with E-state index in [0.717, 1.165) is 12.1 Å². The zero-order valence-corrected chi connectivity index (χ0v) is 13.5. The first-order chi connectivity index (χ1) is 9.67. The van der Waals surface area contributed by atoms with E-state index in [9.17, 15) is 0 Å². The Labute approximate surface area is 123 Å². The van der Waals surface area contributed by atoms with Crippen molar-refractivity contribution < 1.29 is 0 Å². The molecule has 1 heterocycles. The van der Waals surface area contributed by atoms with Crippen LogP contribution in [0, 0.1) is 12.8 Å². The Morgan fingerprint density at radius 1 is 1.15 bits per heavy atom. The number of nitrogens with zero attached hydrogens (tertiary/aromatic N) is 1. The molecule has 1 nitrogen and oxygen atoms in total. The van der Waals surface area contributed by atoms with Crippen molar-refractivity contribution in [3.8, 4) is 0 Å². The van der Waals surface area contributed by atoms with E-state index in [1.807, 2.05) is 0 Å². The maximum atomic E-state index is 4.82. The molecule has 2 rings (SSSR count). The van der Waals surface area contributed by atoms with E-state index in [4.69, 9.17) is 4.98 Å². The van der Waals surface area contributed by atoms with Crippen LogP contribution in [-0.2, 0) is 0 Å². The Kier molecular flexibility index (Phi) is 4.80. The molecule has 0 aliphatic heterocycles. The summed E-state index contributed by atoms with van der Waals surface area (Å²) in [5.41, 5.74) is 7.15. The normalized spacial score (nSPS) is 24.8. The molecule has 1 heteroatoms. The summed E-state index contributed by atoms with van der Waals surface area (Å²) in [6.45, 7) is 11.2. The highest BCUT2D eigenvalue weighted by Crippen LogP contribution is 2.50. The van der Waals surface area contributed by atoms with E-state index in [-0.39, 0.29) is 0 Å². The molecule has 0 amide bonds. The zero-order valence-electron chi connectivity index (χ0n) is 13.5.